The number of hydrogen-bond acceptors (Lipinski definition) is 2. The first-order chi connectivity index (χ1) is 7.75. The van der Waals surface area contributed by atoms with Gasteiger partial charge in [-0.05, 0) is 45.3 Å². The second-order valence-corrected chi connectivity index (χ2v) is 4.78. The van der Waals surface area contributed by atoms with Crippen molar-refractivity contribution in [1.29, 1.82) is 0 Å². The van der Waals surface area contributed by atoms with Gasteiger partial charge in [-0.2, -0.15) is 0 Å². The topological polar surface area (TPSA) is 15.3 Å². The molecule has 0 aromatic heterocycles. The van der Waals surface area contributed by atoms with Gasteiger partial charge in [-0.15, -0.1) is 6.58 Å². The van der Waals surface area contributed by atoms with E-state index >= 15 is 0 Å². The zero-order valence-electron chi connectivity index (χ0n) is 11.3. The normalized spacial score (nSPS) is 19.9. The third-order valence-electron chi connectivity index (χ3n) is 4.20. The first kappa shape index (κ1) is 13.7. The summed E-state index contributed by atoms with van der Waals surface area (Å²) in [5.41, 5.74) is 0.286. The average Bonchev–Trinajstić information content (AvgIpc) is 2.84. The van der Waals surface area contributed by atoms with E-state index in [1.165, 1.54) is 38.8 Å². The lowest BCUT2D eigenvalue weighted by Gasteiger charge is -2.46. The van der Waals surface area contributed by atoms with Crippen LogP contribution in [0.5, 0.6) is 0 Å². The van der Waals surface area contributed by atoms with E-state index < -0.39 is 0 Å². The highest BCUT2D eigenvalue weighted by molar-refractivity contribution is 5.07. The number of likely N-dealkylation sites (N-methyl/N-ethyl adjacent to an activating group) is 1. The van der Waals surface area contributed by atoms with Crippen molar-refractivity contribution in [1.82, 2.24) is 10.2 Å². The number of hydrogen-bond donors (Lipinski definition) is 1. The number of nitrogens with one attached hydrogen (secondary N) is 1. The fourth-order valence-electron chi connectivity index (χ4n) is 3.21. The Morgan fingerprint density at radius 2 is 1.81 bits per heavy atom. The predicted molar refractivity (Wildman–Crippen MR) is 71.8 cm³/mol. The molecule has 1 unspecified atom stereocenters. The van der Waals surface area contributed by atoms with Crippen molar-refractivity contribution in [3.05, 3.63) is 12.7 Å². The van der Waals surface area contributed by atoms with Crippen LogP contribution in [0.4, 0.5) is 0 Å². The minimum atomic E-state index is 0.286. The van der Waals surface area contributed by atoms with Crippen LogP contribution in [0.15, 0.2) is 12.7 Å². The molecule has 0 amide bonds. The van der Waals surface area contributed by atoms with Gasteiger partial charge in [-0.25, -0.2) is 0 Å². The summed E-state index contributed by atoms with van der Waals surface area (Å²) in [6.45, 7) is 14.4. The molecule has 2 nitrogen and oxygen atoms in total. The van der Waals surface area contributed by atoms with Crippen LogP contribution in [0, 0.1) is 0 Å². The molecule has 0 radical (unpaired) electrons. The molecule has 1 rings (SSSR count). The van der Waals surface area contributed by atoms with Crippen molar-refractivity contribution >= 4 is 0 Å². The minimum Gasteiger partial charge on any atom is -0.309 e. The fraction of sp³-hybridized carbons (Fsp3) is 0.857. The van der Waals surface area contributed by atoms with E-state index in [0.29, 0.717) is 6.04 Å². The molecule has 1 atom stereocenters. The van der Waals surface area contributed by atoms with E-state index in [2.05, 4.69) is 43.6 Å². The summed E-state index contributed by atoms with van der Waals surface area (Å²) in [7, 11) is 0. The zero-order valence-corrected chi connectivity index (χ0v) is 11.3. The molecule has 1 saturated heterocycles. The van der Waals surface area contributed by atoms with Crippen LogP contribution < -0.4 is 5.32 Å². The summed E-state index contributed by atoms with van der Waals surface area (Å²) in [6.07, 6.45) is 7.23. The van der Waals surface area contributed by atoms with E-state index in [9.17, 15) is 0 Å². The number of rotatable bonds is 7. The van der Waals surface area contributed by atoms with Gasteiger partial charge in [0.1, 0.15) is 0 Å². The standard InChI is InChI=1S/C14H28N2/c1-5-13(15-8-4)14(6-2,7-3)16-11-9-10-12-16/h5,13,15H,1,6-12H2,2-4H3. The predicted octanol–water partition coefficient (Wildman–Crippen LogP) is 2.81. The van der Waals surface area contributed by atoms with E-state index in [0.717, 1.165) is 6.54 Å². The first-order valence-corrected chi connectivity index (χ1v) is 6.86. The molecule has 1 fully saturated rings. The summed E-state index contributed by atoms with van der Waals surface area (Å²) in [4.78, 5) is 2.68. The van der Waals surface area contributed by atoms with Crippen LogP contribution in [0.1, 0.15) is 46.5 Å². The van der Waals surface area contributed by atoms with Gasteiger partial charge >= 0.3 is 0 Å². The molecule has 0 saturated carbocycles. The Labute approximate surface area is 101 Å². The fourth-order valence-corrected chi connectivity index (χ4v) is 3.21. The third-order valence-corrected chi connectivity index (χ3v) is 4.20. The van der Waals surface area contributed by atoms with Gasteiger partial charge in [0.15, 0.2) is 0 Å². The summed E-state index contributed by atoms with van der Waals surface area (Å²) < 4.78 is 0. The first-order valence-electron chi connectivity index (χ1n) is 6.86. The second kappa shape index (κ2) is 6.41. The molecular weight excluding hydrogens is 196 g/mol. The number of nitrogens with zero attached hydrogens (tertiary/aromatic N) is 1. The molecule has 0 aromatic rings. The maximum Gasteiger partial charge on any atom is 0.0433 e. The van der Waals surface area contributed by atoms with E-state index in [-0.39, 0.29) is 5.54 Å². The van der Waals surface area contributed by atoms with Gasteiger partial charge in [0, 0.05) is 11.6 Å². The van der Waals surface area contributed by atoms with Gasteiger partial charge in [0.05, 0.1) is 0 Å². The Hall–Kier alpha value is -0.340. The Morgan fingerprint density at radius 1 is 1.25 bits per heavy atom. The van der Waals surface area contributed by atoms with Gasteiger partial charge < -0.3 is 5.32 Å². The summed E-state index contributed by atoms with van der Waals surface area (Å²) >= 11 is 0. The molecule has 16 heavy (non-hydrogen) atoms. The van der Waals surface area contributed by atoms with Crippen LogP contribution in [0.2, 0.25) is 0 Å². The van der Waals surface area contributed by atoms with Crippen LogP contribution in [0.25, 0.3) is 0 Å². The van der Waals surface area contributed by atoms with Crippen molar-refractivity contribution < 1.29 is 0 Å². The van der Waals surface area contributed by atoms with Crippen molar-refractivity contribution in [3.8, 4) is 0 Å². The molecule has 0 aliphatic carbocycles. The molecule has 1 N–H and O–H groups in total. The van der Waals surface area contributed by atoms with E-state index in [1.54, 1.807) is 0 Å². The molecule has 0 bridgehead atoms. The highest BCUT2D eigenvalue weighted by Crippen LogP contribution is 2.31. The van der Waals surface area contributed by atoms with Crippen LogP contribution in [0.3, 0.4) is 0 Å². The van der Waals surface area contributed by atoms with Crippen LogP contribution in [-0.2, 0) is 0 Å². The smallest absolute Gasteiger partial charge is 0.0433 e. The van der Waals surface area contributed by atoms with Gasteiger partial charge in [-0.1, -0.05) is 26.8 Å². The molecule has 1 aliphatic rings. The molecule has 0 spiro atoms. The van der Waals surface area contributed by atoms with Crippen molar-refractivity contribution in [2.45, 2.75) is 58.0 Å². The van der Waals surface area contributed by atoms with Crippen molar-refractivity contribution in [2.75, 3.05) is 19.6 Å². The quantitative estimate of drug-likeness (QED) is 0.669. The molecule has 94 valence electrons. The minimum absolute atomic E-state index is 0.286. The lowest BCUT2D eigenvalue weighted by molar-refractivity contribution is 0.0796. The van der Waals surface area contributed by atoms with Gasteiger partial charge in [-0.3, -0.25) is 4.90 Å². The van der Waals surface area contributed by atoms with Gasteiger partial charge in [0.25, 0.3) is 0 Å². The van der Waals surface area contributed by atoms with Gasteiger partial charge in [0.2, 0.25) is 0 Å². The molecule has 1 heterocycles. The van der Waals surface area contributed by atoms with Crippen molar-refractivity contribution in [3.63, 3.8) is 0 Å². The molecular formula is C14H28N2. The van der Waals surface area contributed by atoms with Crippen molar-refractivity contribution in [2.24, 2.45) is 0 Å². The summed E-state index contributed by atoms with van der Waals surface area (Å²) in [5, 5.41) is 3.59. The third kappa shape index (κ3) is 2.49. The summed E-state index contributed by atoms with van der Waals surface area (Å²) in [6, 6.07) is 0.422. The van der Waals surface area contributed by atoms with E-state index in [1.807, 2.05) is 0 Å². The molecule has 1 aliphatic heterocycles. The largest absolute Gasteiger partial charge is 0.309 e. The lowest BCUT2D eigenvalue weighted by Crippen LogP contribution is -2.59. The highest BCUT2D eigenvalue weighted by Gasteiger charge is 2.40. The SMILES string of the molecule is C=CC(NCC)C(CC)(CC)N1CCCC1. The second-order valence-electron chi connectivity index (χ2n) is 4.78. The van der Waals surface area contributed by atoms with E-state index in [4.69, 9.17) is 0 Å². The Morgan fingerprint density at radius 3 is 2.19 bits per heavy atom. The molecule has 0 aromatic carbocycles. The maximum absolute atomic E-state index is 4.02. The Balaban J connectivity index is 2.86. The molecule has 2 heteroatoms. The zero-order chi connectivity index (χ0) is 12.0. The Bertz CT molecular complexity index is 203. The van der Waals surface area contributed by atoms with Crippen LogP contribution >= 0.6 is 0 Å². The number of likely N-dealkylation sites (tertiary alicyclic amines) is 1. The maximum atomic E-state index is 4.02. The van der Waals surface area contributed by atoms with Crippen LogP contribution in [-0.4, -0.2) is 36.1 Å². The average molecular weight is 224 g/mol. The Kier molecular flexibility index (Phi) is 5.50. The monoisotopic (exact) mass is 224 g/mol. The summed E-state index contributed by atoms with van der Waals surface area (Å²) in [5.74, 6) is 0. The highest BCUT2D eigenvalue weighted by atomic mass is 15.2. The lowest BCUT2D eigenvalue weighted by atomic mass is 9.82.